The van der Waals surface area contributed by atoms with Crippen molar-refractivity contribution in [2.75, 3.05) is 13.2 Å². The van der Waals surface area contributed by atoms with Gasteiger partial charge in [-0.25, -0.2) is 4.68 Å². The van der Waals surface area contributed by atoms with E-state index in [1.807, 2.05) is 30.3 Å². The number of ether oxygens (including phenoxy) is 1. The number of nitrogens with one attached hydrogen (secondary N) is 1. The van der Waals surface area contributed by atoms with E-state index < -0.39 is 0 Å². The van der Waals surface area contributed by atoms with Crippen molar-refractivity contribution < 1.29 is 9.53 Å². The maximum Gasteiger partial charge on any atom is 0.271 e. The number of amides is 1. The van der Waals surface area contributed by atoms with Gasteiger partial charge in [-0.1, -0.05) is 35.9 Å². The molecule has 0 spiro atoms. The molecule has 1 N–H and O–H groups in total. The Bertz CT molecular complexity index is 1050. The highest BCUT2D eigenvalue weighted by molar-refractivity contribution is 5.91. The van der Waals surface area contributed by atoms with Crippen LogP contribution in [0.15, 0.2) is 59.4 Å². The zero-order chi connectivity index (χ0) is 21.5. The van der Waals surface area contributed by atoms with E-state index in [0.717, 1.165) is 12.2 Å². The Hall–Kier alpha value is -3.41. The van der Waals surface area contributed by atoms with Crippen molar-refractivity contribution in [3.8, 4) is 5.75 Å². The lowest BCUT2D eigenvalue weighted by atomic mass is 9.97. The molecule has 0 saturated heterocycles. The number of carbonyl (C=O) groups excluding carboxylic acids is 1. The van der Waals surface area contributed by atoms with Crippen LogP contribution in [0.4, 0.5) is 0 Å². The molecule has 3 aromatic rings. The van der Waals surface area contributed by atoms with Crippen LogP contribution in [0.5, 0.6) is 5.75 Å². The highest BCUT2D eigenvalue weighted by Gasteiger charge is 2.11. The molecule has 156 valence electrons. The molecule has 0 radical (unpaired) electrons. The summed E-state index contributed by atoms with van der Waals surface area (Å²) in [6, 6.07) is 16.5. The smallest absolute Gasteiger partial charge is 0.271 e. The van der Waals surface area contributed by atoms with Gasteiger partial charge < -0.3 is 10.1 Å². The summed E-state index contributed by atoms with van der Waals surface area (Å²) < 4.78 is 6.87. The molecule has 0 aliphatic heterocycles. The first-order chi connectivity index (χ1) is 14.4. The van der Waals surface area contributed by atoms with Gasteiger partial charge >= 0.3 is 0 Å². The molecule has 3 rings (SSSR count). The van der Waals surface area contributed by atoms with Crippen LogP contribution in [-0.2, 0) is 13.0 Å². The fourth-order valence-corrected chi connectivity index (χ4v) is 3.49. The topological polar surface area (TPSA) is 73.2 Å². The van der Waals surface area contributed by atoms with Gasteiger partial charge in [0.1, 0.15) is 18.1 Å². The molecule has 0 bridgehead atoms. The summed E-state index contributed by atoms with van der Waals surface area (Å²) in [6.07, 6.45) is 0.744. The minimum Gasteiger partial charge on any atom is -0.492 e. The Morgan fingerprint density at radius 3 is 2.43 bits per heavy atom. The zero-order valence-electron chi connectivity index (χ0n) is 17.6. The second-order valence-corrected chi connectivity index (χ2v) is 7.32. The third-order valence-electron chi connectivity index (χ3n) is 4.92. The lowest BCUT2D eigenvalue weighted by Gasteiger charge is -2.12. The fraction of sp³-hybridized carbons (Fsp3) is 0.292. The zero-order valence-corrected chi connectivity index (χ0v) is 17.6. The third kappa shape index (κ3) is 5.56. The Morgan fingerprint density at radius 2 is 1.73 bits per heavy atom. The highest BCUT2D eigenvalue weighted by Crippen LogP contribution is 2.16. The van der Waals surface area contributed by atoms with Gasteiger partial charge in [0.25, 0.3) is 11.5 Å². The monoisotopic (exact) mass is 405 g/mol. The number of aryl methyl sites for hydroxylation is 3. The third-order valence-corrected chi connectivity index (χ3v) is 4.92. The summed E-state index contributed by atoms with van der Waals surface area (Å²) in [7, 11) is 0. The number of benzene rings is 2. The molecule has 30 heavy (non-hydrogen) atoms. The molecule has 0 unspecified atom stereocenters. The molecule has 1 heterocycles. The first kappa shape index (κ1) is 21.3. The van der Waals surface area contributed by atoms with Crippen LogP contribution in [0, 0.1) is 20.8 Å². The van der Waals surface area contributed by atoms with Gasteiger partial charge in [0.2, 0.25) is 0 Å². The van der Waals surface area contributed by atoms with Crippen molar-refractivity contribution in [2.24, 2.45) is 0 Å². The molecule has 0 aliphatic carbocycles. The number of hydrogen-bond donors (Lipinski definition) is 1. The lowest BCUT2D eigenvalue weighted by molar-refractivity contribution is 0.0946. The molecule has 0 atom stereocenters. The van der Waals surface area contributed by atoms with Crippen LogP contribution >= 0.6 is 0 Å². The molecular weight excluding hydrogens is 378 g/mol. The Kier molecular flexibility index (Phi) is 7.01. The van der Waals surface area contributed by atoms with Gasteiger partial charge in [-0.05, 0) is 62.1 Å². The number of nitrogens with zero attached hydrogens (tertiary/aromatic N) is 2. The predicted molar refractivity (Wildman–Crippen MR) is 117 cm³/mol. The van der Waals surface area contributed by atoms with E-state index in [0.29, 0.717) is 6.54 Å². The Balaban J connectivity index is 1.57. The van der Waals surface area contributed by atoms with E-state index in [9.17, 15) is 9.59 Å². The number of para-hydroxylation sites is 1. The number of rotatable bonds is 8. The second kappa shape index (κ2) is 9.87. The van der Waals surface area contributed by atoms with Gasteiger partial charge in [0.05, 0.1) is 6.54 Å². The maximum absolute atomic E-state index is 12.5. The number of aromatic nitrogens is 2. The molecule has 6 nitrogen and oxygen atoms in total. The Morgan fingerprint density at radius 1 is 1.03 bits per heavy atom. The lowest BCUT2D eigenvalue weighted by Crippen LogP contribution is -2.31. The molecule has 1 aromatic heterocycles. The van der Waals surface area contributed by atoms with E-state index in [4.69, 9.17) is 4.74 Å². The summed E-state index contributed by atoms with van der Waals surface area (Å²) in [5.74, 6) is 0.427. The van der Waals surface area contributed by atoms with Crippen molar-refractivity contribution in [3.05, 3.63) is 92.9 Å². The van der Waals surface area contributed by atoms with Crippen LogP contribution in [-0.4, -0.2) is 28.8 Å². The van der Waals surface area contributed by atoms with Crippen molar-refractivity contribution in [2.45, 2.75) is 33.7 Å². The first-order valence-corrected chi connectivity index (χ1v) is 10.0. The van der Waals surface area contributed by atoms with E-state index in [1.165, 1.54) is 39.1 Å². The Labute approximate surface area is 176 Å². The van der Waals surface area contributed by atoms with Gasteiger partial charge in [-0.3, -0.25) is 9.59 Å². The standard InChI is InChI=1S/C24H27N3O3/c1-17-15-18(2)21(19(3)16-17)11-12-25-24(29)22-9-10-23(28)27(26-22)13-14-30-20-7-5-4-6-8-20/h4-10,15-16H,11-14H2,1-3H3,(H,25,29). The normalized spacial score (nSPS) is 10.6. The first-order valence-electron chi connectivity index (χ1n) is 10.0. The SMILES string of the molecule is Cc1cc(C)c(CCNC(=O)c2ccc(=O)n(CCOc3ccccc3)n2)c(C)c1. The minimum absolute atomic E-state index is 0.215. The van der Waals surface area contributed by atoms with Gasteiger partial charge in [0.15, 0.2) is 0 Å². The minimum atomic E-state index is -0.296. The molecule has 6 heteroatoms. The number of hydrogen-bond acceptors (Lipinski definition) is 4. The molecule has 0 aliphatic rings. The molecule has 2 aromatic carbocycles. The van der Waals surface area contributed by atoms with E-state index in [1.54, 1.807) is 0 Å². The second-order valence-electron chi connectivity index (χ2n) is 7.32. The average molecular weight is 405 g/mol. The molecule has 1 amide bonds. The average Bonchev–Trinajstić information content (AvgIpc) is 2.72. The van der Waals surface area contributed by atoms with E-state index in [2.05, 4.69) is 43.3 Å². The summed E-state index contributed by atoms with van der Waals surface area (Å²) in [6.45, 7) is 7.31. The molecule has 0 fully saturated rings. The summed E-state index contributed by atoms with van der Waals surface area (Å²) in [5, 5.41) is 7.08. The largest absolute Gasteiger partial charge is 0.492 e. The van der Waals surface area contributed by atoms with Gasteiger partial charge in [-0.15, -0.1) is 0 Å². The maximum atomic E-state index is 12.5. The predicted octanol–water partition coefficient (Wildman–Crippen LogP) is 3.22. The molecular formula is C24H27N3O3. The summed E-state index contributed by atoms with van der Waals surface area (Å²) in [5.41, 5.74) is 4.89. The fourth-order valence-electron chi connectivity index (χ4n) is 3.49. The van der Waals surface area contributed by atoms with Crippen LogP contribution < -0.4 is 15.6 Å². The van der Waals surface area contributed by atoms with Crippen LogP contribution in [0.2, 0.25) is 0 Å². The summed E-state index contributed by atoms with van der Waals surface area (Å²) in [4.78, 5) is 24.5. The van der Waals surface area contributed by atoms with Gasteiger partial charge in [-0.2, -0.15) is 5.10 Å². The van der Waals surface area contributed by atoms with Crippen molar-refractivity contribution in [3.63, 3.8) is 0 Å². The van der Waals surface area contributed by atoms with Crippen molar-refractivity contribution in [1.29, 1.82) is 0 Å². The van der Waals surface area contributed by atoms with Crippen molar-refractivity contribution >= 4 is 5.91 Å². The van der Waals surface area contributed by atoms with E-state index >= 15 is 0 Å². The van der Waals surface area contributed by atoms with Crippen LogP contribution in [0.3, 0.4) is 0 Å². The van der Waals surface area contributed by atoms with Crippen LogP contribution in [0.25, 0.3) is 0 Å². The molecule has 0 saturated carbocycles. The number of carbonyl (C=O) groups is 1. The van der Waals surface area contributed by atoms with Crippen molar-refractivity contribution in [1.82, 2.24) is 15.1 Å². The van der Waals surface area contributed by atoms with E-state index in [-0.39, 0.29) is 30.3 Å². The summed E-state index contributed by atoms with van der Waals surface area (Å²) >= 11 is 0. The van der Waals surface area contributed by atoms with Gasteiger partial charge in [0, 0.05) is 12.6 Å². The highest BCUT2D eigenvalue weighted by atomic mass is 16.5. The van der Waals surface area contributed by atoms with Crippen LogP contribution in [0.1, 0.15) is 32.7 Å². The quantitative estimate of drug-likeness (QED) is 0.625.